The van der Waals surface area contributed by atoms with Crippen molar-refractivity contribution in [3.8, 4) is 0 Å². The minimum atomic E-state index is -0.810. The number of hydrogen-bond donors (Lipinski definition) is 5. The second-order valence-corrected chi connectivity index (χ2v) is 8.18. The predicted molar refractivity (Wildman–Crippen MR) is 122 cm³/mol. The highest BCUT2D eigenvalue weighted by Crippen LogP contribution is 2.27. The summed E-state index contributed by atoms with van der Waals surface area (Å²) in [5.74, 6) is 0.287. The van der Waals surface area contributed by atoms with E-state index in [1.807, 2.05) is 30.3 Å². The maximum absolute atomic E-state index is 13.0. The van der Waals surface area contributed by atoms with Crippen molar-refractivity contribution in [2.75, 3.05) is 13.1 Å². The van der Waals surface area contributed by atoms with Crippen LogP contribution in [0, 0.1) is 17.2 Å². The van der Waals surface area contributed by atoms with Crippen molar-refractivity contribution in [2.24, 2.45) is 23.3 Å². The molecule has 0 heterocycles. The van der Waals surface area contributed by atoms with Gasteiger partial charge in [-0.2, -0.15) is 0 Å². The average molecular weight is 422 g/mol. The highest BCUT2D eigenvalue weighted by Gasteiger charge is 2.25. The molecule has 7 heteroatoms. The molecule has 1 aliphatic rings. The molecular formula is C24H31N5O2. The molecule has 0 spiro atoms. The van der Waals surface area contributed by atoms with Crippen molar-refractivity contribution < 1.29 is 9.59 Å². The molecule has 1 fully saturated rings. The summed E-state index contributed by atoms with van der Waals surface area (Å²) < 4.78 is 0. The third-order valence-corrected chi connectivity index (χ3v) is 5.97. The first-order chi connectivity index (χ1) is 15.0. The molecule has 0 unspecified atom stereocenters. The largest absolute Gasteiger partial charge is 0.384 e. The van der Waals surface area contributed by atoms with Crippen molar-refractivity contribution in [1.82, 2.24) is 10.6 Å². The Morgan fingerprint density at radius 1 is 0.968 bits per heavy atom. The van der Waals surface area contributed by atoms with Crippen LogP contribution in [-0.2, 0) is 4.79 Å². The Morgan fingerprint density at radius 2 is 1.61 bits per heavy atom. The van der Waals surface area contributed by atoms with E-state index < -0.39 is 11.9 Å². The quantitative estimate of drug-likeness (QED) is 0.330. The predicted octanol–water partition coefficient (Wildman–Crippen LogP) is 2.32. The molecule has 3 rings (SSSR count). The number of benzene rings is 2. The van der Waals surface area contributed by atoms with Gasteiger partial charge in [-0.25, -0.2) is 0 Å². The first-order valence-electron chi connectivity index (χ1n) is 10.8. The number of nitrogens with two attached hydrogens (primary N) is 2. The molecule has 1 aliphatic carbocycles. The Bertz CT molecular complexity index is 907. The Morgan fingerprint density at radius 3 is 2.26 bits per heavy atom. The van der Waals surface area contributed by atoms with Gasteiger partial charge in [0, 0.05) is 17.7 Å². The molecule has 0 saturated heterocycles. The Kier molecular flexibility index (Phi) is 7.78. The molecule has 1 saturated carbocycles. The molecule has 7 N–H and O–H groups in total. The number of carbonyl (C=O) groups excluding carboxylic acids is 2. The number of rotatable bonds is 8. The molecule has 31 heavy (non-hydrogen) atoms. The molecule has 0 bridgehead atoms. The Labute approximate surface area is 183 Å². The highest BCUT2D eigenvalue weighted by atomic mass is 16.2. The zero-order valence-corrected chi connectivity index (χ0v) is 17.6. The van der Waals surface area contributed by atoms with Crippen LogP contribution in [0.4, 0.5) is 0 Å². The second kappa shape index (κ2) is 10.7. The fourth-order valence-electron chi connectivity index (χ4n) is 4.01. The van der Waals surface area contributed by atoms with Gasteiger partial charge < -0.3 is 22.1 Å². The molecule has 0 aromatic heterocycles. The van der Waals surface area contributed by atoms with Crippen LogP contribution in [0.1, 0.15) is 53.2 Å². The smallest absolute Gasteiger partial charge is 0.252 e. The summed E-state index contributed by atoms with van der Waals surface area (Å²) in [5, 5.41) is 13.4. The molecule has 2 aromatic carbocycles. The summed E-state index contributed by atoms with van der Waals surface area (Å²) in [7, 11) is 0. The van der Waals surface area contributed by atoms with E-state index in [0.717, 1.165) is 32.2 Å². The molecular weight excluding hydrogens is 390 g/mol. The normalized spacial score (nSPS) is 19.3. The molecule has 0 radical (unpaired) electrons. The fourth-order valence-corrected chi connectivity index (χ4v) is 4.01. The van der Waals surface area contributed by atoms with Gasteiger partial charge in [0.15, 0.2) is 0 Å². The molecule has 2 amide bonds. The van der Waals surface area contributed by atoms with Gasteiger partial charge in [-0.1, -0.05) is 42.5 Å². The van der Waals surface area contributed by atoms with Crippen molar-refractivity contribution in [3.63, 3.8) is 0 Å². The standard InChI is InChI=1S/C24H31N5O2/c25-14-16-9-11-17(12-10-16)15-28-24(31)21(18-5-2-1-3-6-18)29-23(30)20-8-4-7-19(13-20)22(26)27/h1-8,13,16-17,21H,9-12,14-15,25H2,(H3,26,27)(H,28,31)(H,29,30)/t16?,17?,21-/m1/s1. The number of nitrogens with one attached hydrogen (secondary N) is 3. The van der Waals surface area contributed by atoms with Gasteiger partial charge in [0.1, 0.15) is 11.9 Å². The minimum absolute atomic E-state index is 0.114. The molecule has 164 valence electrons. The monoisotopic (exact) mass is 421 g/mol. The lowest BCUT2D eigenvalue weighted by Gasteiger charge is -2.28. The SMILES string of the molecule is N=C(N)c1cccc(C(=O)N[C@@H](C(=O)NCC2CCC(CN)CC2)c2ccccc2)c1. The first kappa shape index (κ1) is 22.5. The lowest BCUT2D eigenvalue weighted by Crippen LogP contribution is -2.42. The van der Waals surface area contributed by atoms with Gasteiger partial charge in [0.05, 0.1) is 0 Å². The maximum atomic E-state index is 13.0. The van der Waals surface area contributed by atoms with E-state index in [1.54, 1.807) is 24.3 Å². The van der Waals surface area contributed by atoms with Crippen molar-refractivity contribution in [2.45, 2.75) is 31.7 Å². The molecule has 0 aliphatic heterocycles. The van der Waals surface area contributed by atoms with Gasteiger partial charge in [0.25, 0.3) is 5.91 Å². The van der Waals surface area contributed by atoms with Crippen molar-refractivity contribution in [3.05, 3.63) is 71.3 Å². The van der Waals surface area contributed by atoms with E-state index in [1.165, 1.54) is 0 Å². The van der Waals surface area contributed by atoms with E-state index >= 15 is 0 Å². The van der Waals surface area contributed by atoms with Gasteiger partial charge >= 0.3 is 0 Å². The van der Waals surface area contributed by atoms with E-state index in [4.69, 9.17) is 16.9 Å². The summed E-state index contributed by atoms with van der Waals surface area (Å²) in [5.41, 5.74) is 12.8. The summed E-state index contributed by atoms with van der Waals surface area (Å²) in [6.45, 7) is 1.32. The first-order valence-corrected chi connectivity index (χ1v) is 10.8. The molecule has 2 aromatic rings. The van der Waals surface area contributed by atoms with Crippen molar-refractivity contribution >= 4 is 17.6 Å². The van der Waals surface area contributed by atoms with Gasteiger partial charge in [0.2, 0.25) is 5.91 Å². The zero-order chi connectivity index (χ0) is 22.2. The van der Waals surface area contributed by atoms with Gasteiger partial charge in [-0.3, -0.25) is 15.0 Å². The molecule has 1 atom stereocenters. The Balaban J connectivity index is 1.68. The lowest BCUT2D eigenvalue weighted by molar-refractivity contribution is -0.123. The number of amides is 2. The van der Waals surface area contributed by atoms with Crippen LogP contribution in [0.25, 0.3) is 0 Å². The van der Waals surface area contributed by atoms with E-state index in [0.29, 0.717) is 35.1 Å². The van der Waals surface area contributed by atoms with Crippen LogP contribution in [0.5, 0.6) is 0 Å². The number of nitrogen functional groups attached to an aromatic ring is 1. The second-order valence-electron chi connectivity index (χ2n) is 8.18. The van der Waals surface area contributed by atoms with Gasteiger partial charge in [-0.05, 0) is 61.8 Å². The van der Waals surface area contributed by atoms with Gasteiger partial charge in [-0.15, -0.1) is 0 Å². The minimum Gasteiger partial charge on any atom is -0.384 e. The van der Waals surface area contributed by atoms with E-state index in [-0.39, 0.29) is 11.7 Å². The third kappa shape index (κ3) is 6.15. The van der Waals surface area contributed by atoms with Crippen LogP contribution >= 0.6 is 0 Å². The van der Waals surface area contributed by atoms with Crippen LogP contribution < -0.4 is 22.1 Å². The van der Waals surface area contributed by atoms with Crippen LogP contribution in [-0.4, -0.2) is 30.7 Å². The summed E-state index contributed by atoms with van der Waals surface area (Å²) in [6, 6.07) is 14.9. The zero-order valence-electron chi connectivity index (χ0n) is 17.6. The van der Waals surface area contributed by atoms with Crippen LogP contribution in [0.15, 0.2) is 54.6 Å². The summed E-state index contributed by atoms with van der Waals surface area (Å²) >= 11 is 0. The average Bonchev–Trinajstić information content (AvgIpc) is 2.81. The topological polar surface area (TPSA) is 134 Å². The Hall–Kier alpha value is -3.19. The summed E-state index contributed by atoms with van der Waals surface area (Å²) in [4.78, 5) is 25.9. The van der Waals surface area contributed by atoms with Crippen LogP contribution in [0.2, 0.25) is 0 Å². The van der Waals surface area contributed by atoms with E-state index in [9.17, 15) is 9.59 Å². The maximum Gasteiger partial charge on any atom is 0.252 e. The number of carbonyl (C=O) groups is 2. The number of amidine groups is 1. The third-order valence-electron chi connectivity index (χ3n) is 5.97. The summed E-state index contributed by atoms with van der Waals surface area (Å²) in [6.07, 6.45) is 4.31. The lowest BCUT2D eigenvalue weighted by atomic mass is 9.82. The fraction of sp³-hybridized carbons (Fsp3) is 0.375. The van der Waals surface area contributed by atoms with Crippen LogP contribution in [0.3, 0.4) is 0 Å². The van der Waals surface area contributed by atoms with E-state index in [2.05, 4.69) is 10.6 Å². The number of hydrogen-bond acceptors (Lipinski definition) is 4. The van der Waals surface area contributed by atoms with Crippen molar-refractivity contribution in [1.29, 1.82) is 5.41 Å². The highest BCUT2D eigenvalue weighted by molar-refractivity contribution is 6.01. The molecule has 7 nitrogen and oxygen atoms in total.